The van der Waals surface area contributed by atoms with Gasteiger partial charge in [0.1, 0.15) is 11.7 Å². The number of carbonyl (C=O) groups is 2. The van der Waals surface area contributed by atoms with E-state index in [0.717, 1.165) is 6.42 Å². The fourth-order valence-electron chi connectivity index (χ4n) is 2.68. The van der Waals surface area contributed by atoms with Crippen molar-refractivity contribution in [3.8, 4) is 0 Å². The summed E-state index contributed by atoms with van der Waals surface area (Å²) >= 11 is 0. The summed E-state index contributed by atoms with van der Waals surface area (Å²) in [5, 5.41) is 2.37. The van der Waals surface area contributed by atoms with Crippen molar-refractivity contribution in [1.29, 1.82) is 0 Å². The number of hydrogen-bond acceptors (Lipinski definition) is 5. The minimum absolute atomic E-state index is 0.332. The molecule has 0 spiro atoms. The number of nitrogens with one attached hydrogen (secondary N) is 1. The number of alkyl halides is 1. The SMILES string of the molecule is CCC[C@H]1O[C@@H](NC(=O)OC(C)(C)C)C(F)[C@@H]1OC(=O)c1ccccc1. The Kier molecular flexibility index (Phi) is 6.58. The average molecular weight is 367 g/mol. The van der Waals surface area contributed by atoms with Gasteiger partial charge in [-0.1, -0.05) is 31.5 Å². The van der Waals surface area contributed by atoms with Crippen molar-refractivity contribution in [1.82, 2.24) is 5.32 Å². The second kappa shape index (κ2) is 8.49. The Labute approximate surface area is 153 Å². The summed E-state index contributed by atoms with van der Waals surface area (Å²) in [6.07, 6.45) is -4.21. The van der Waals surface area contributed by atoms with E-state index < -0.39 is 42.3 Å². The molecule has 1 saturated heterocycles. The van der Waals surface area contributed by atoms with E-state index >= 15 is 0 Å². The van der Waals surface area contributed by atoms with Gasteiger partial charge in [-0.05, 0) is 39.3 Å². The minimum atomic E-state index is -1.69. The Balaban J connectivity index is 2.04. The molecule has 1 aromatic rings. The summed E-state index contributed by atoms with van der Waals surface area (Å²) < 4.78 is 30.9. The zero-order valence-electron chi connectivity index (χ0n) is 15.5. The summed E-state index contributed by atoms with van der Waals surface area (Å²) in [4.78, 5) is 24.1. The lowest BCUT2D eigenvalue weighted by molar-refractivity contribution is -0.0247. The van der Waals surface area contributed by atoms with Crippen LogP contribution in [-0.2, 0) is 14.2 Å². The van der Waals surface area contributed by atoms with Gasteiger partial charge in [-0.15, -0.1) is 0 Å². The smallest absolute Gasteiger partial charge is 0.409 e. The predicted molar refractivity (Wildman–Crippen MR) is 93.5 cm³/mol. The molecule has 0 radical (unpaired) electrons. The van der Waals surface area contributed by atoms with Crippen LogP contribution in [-0.4, -0.2) is 42.3 Å². The number of amides is 1. The molecule has 1 amide bonds. The summed E-state index contributed by atoms with van der Waals surface area (Å²) in [6, 6.07) is 8.36. The van der Waals surface area contributed by atoms with E-state index in [-0.39, 0.29) is 0 Å². The van der Waals surface area contributed by atoms with Gasteiger partial charge in [0.15, 0.2) is 18.5 Å². The van der Waals surface area contributed by atoms with Gasteiger partial charge in [-0.3, -0.25) is 5.32 Å². The number of ether oxygens (including phenoxy) is 3. The predicted octanol–water partition coefficient (Wildman–Crippen LogP) is 3.60. The molecule has 4 atom stereocenters. The normalized spacial score (nSPS) is 25.6. The first-order valence-corrected chi connectivity index (χ1v) is 8.76. The number of rotatable bonds is 5. The van der Waals surface area contributed by atoms with E-state index in [9.17, 15) is 14.0 Å². The molecule has 1 N–H and O–H groups in total. The van der Waals surface area contributed by atoms with Gasteiger partial charge in [0.2, 0.25) is 0 Å². The van der Waals surface area contributed by atoms with Crippen molar-refractivity contribution in [2.45, 2.75) is 70.7 Å². The molecule has 2 rings (SSSR count). The highest BCUT2D eigenvalue weighted by molar-refractivity contribution is 5.89. The van der Waals surface area contributed by atoms with E-state index in [4.69, 9.17) is 14.2 Å². The Morgan fingerprint density at radius 1 is 1.23 bits per heavy atom. The molecule has 6 nitrogen and oxygen atoms in total. The average Bonchev–Trinajstić information content (AvgIpc) is 2.83. The summed E-state index contributed by atoms with van der Waals surface area (Å²) in [5.41, 5.74) is -0.380. The third kappa shape index (κ3) is 5.42. The molecule has 1 fully saturated rings. The molecule has 1 unspecified atom stereocenters. The molecule has 1 aliphatic heterocycles. The largest absolute Gasteiger partial charge is 0.453 e. The van der Waals surface area contributed by atoms with Gasteiger partial charge in [0.25, 0.3) is 0 Å². The lowest BCUT2D eigenvalue weighted by Gasteiger charge is -2.22. The van der Waals surface area contributed by atoms with Crippen molar-refractivity contribution in [2.24, 2.45) is 0 Å². The van der Waals surface area contributed by atoms with Crippen molar-refractivity contribution in [3.63, 3.8) is 0 Å². The van der Waals surface area contributed by atoms with Gasteiger partial charge in [0.05, 0.1) is 5.56 Å². The third-order valence-electron chi connectivity index (χ3n) is 3.78. The van der Waals surface area contributed by atoms with Crippen molar-refractivity contribution in [2.75, 3.05) is 0 Å². The highest BCUT2D eigenvalue weighted by Gasteiger charge is 2.48. The quantitative estimate of drug-likeness (QED) is 0.805. The lowest BCUT2D eigenvalue weighted by atomic mass is 10.1. The third-order valence-corrected chi connectivity index (χ3v) is 3.78. The van der Waals surface area contributed by atoms with Gasteiger partial charge in [0, 0.05) is 0 Å². The van der Waals surface area contributed by atoms with Crippen molar-refractivity contribution < 1.29 is 28.2 Å². The Hall–Kier alpha value is -2.15. The van der Waals surface area contributed by atoms with Crippen LogP contribution < -0.4 is 5.32 Å². The monoisotopic (exact) mass is 367 g/mol. The van der Waals surface area contributed by atoms with Crippen LogP contribution in [0.2, 0.25) is 0 Å². The molecular formula is C19H26FNO5. The molecule has 1 aromatic carbocycles. The number of alkyl carbamates (subject to hydrolysis) is 1. The summed E-state index contributed by atoms with van der Waals surface area (Å²) in [5.74, 6) is -0.624. The van der Waals surface area contributed by atoms with E-state index in [1.165, 1.54) is 0 Å². The fraction of sp³-hybridized carbons (Fsp3) is 0.579. The first-order valence-electron chi connectivity index (χ1n) is 8.76. The summed E-state index contributed by atoms with van der Waals surface area (Å²) in [6.45, 7) is 7.04. The van der Waals surface area contributed by atoms with E-state index in [1.54, 1.807) is 51.1 Å². The highest BCUT2D eigenvalue weighted by atomic mass is 19.1. The van der Waals surface area contributed by atoms with Crippen LogP contribution in [0.5, 0.6) is 0 Å². The second-order valence-electron chi connectivity index (χ2n) is 7.21. The minimum Gasteiger partial charge on any atom is -0.453 e. The Morgan fingerprint density at radius 3 is 2.46 bits per heavy atom. The molecule has 1 aliphatic rings. The van der Waals surface area contributed by atoms with E-state index in [2.05, 4.69) is 5.32 Å². The summed E-state index contributed by atoms with van der Waals surface area (Å²) in [7, 11) is 0. The van der Waals surface area contributed by atoms with Crippen LogP contribution in [0.25, 0.3) is 0 Å². The maximum atomic E-state index is 14.8. The molecule has 0 aliphatic carbocycles. The van der Waals surface area contributed by atoms with E-state index in [1.807, 2.05) is 6.92 Å². The van der Waals surface area contributed by atoms with Gasteiger partial charge >= 0.3 is 12.1 Å². The van der Waals surface area contributed by atoms with Crippen molar-refractivity contribution >= 4 is 12.1 Å². The number of esters is 1. The van der Waals surface area contributed by atoms with E-state index in [0.29, 0.717) is 12.0 Å². The Morgan fingerprint density at radius 2 is 1.88 bits per heavy atom. The van der Waals surface area contributed by atoms with Crippen LogP contribution >= 0.6 is 0 Å². The number of halogens is 1. The molecule has 1 heterocycles. The van der Waals surface area contributed by atoms with Crippen LogP contribution in [0.1, 0.15) is 50.9 Å². The molecule has 0 bridgehead atoms. The maximum Gasteiger partial charge on any atom is 0.409 e. The standard InChI is InChI=1S/C19H26FNO5/c1-5-9-13-15(25-17(22)12-10-7-6-8-11-12)14(20)16(24-13)21-18(23)26-19(2,3)4/h6-8,10-11,13-16H,5,9H2,1-4H3,(H,21,23)/t13-,14?,15-,16-/m1/s1. The van der Waals surface area contributed by atoms with Crippen LogP contribution in [0.15, 0.2) is 30.3 Å². The van der Waals surface area contributed by atoms with Gasteiger partial charge in [-0.25, -0.2) is 14.0 Å². The lowest BCUT2D eigenvalue weighted by Crippen LogP contribution is -2.44. The molecule has 26 heavy (non-hydrogen) atoms. The van der Waals surface area contributed by atoms with Gasteiger partial charge < -0.3 is 14.2 Å². The highest BCUT2D eigenvalue weighted by Crippen LogP contribution is 2.29. The van der Waals surface area contributed by atoms with Crippen LogP contribution in [0.4, 0.5) is 9.18 Å². The first-order chi connectivity index (χ1) is 12.2. The first kappa shape index (κ1) is 20.2. The van der Waals surface area contributed by atoms with Crippen LogP contribution in [0, 0.1) is 0 Å². The zero-order valence-corrected chi connectivity index (χ0v) is 15.5. The zero-order chi connectivity index (χ0) is 19.3. The number of benzene rings is 1. The molecule has 7 heteroatoms. The molecular weight excluding hydrogens is 341 g/mol. The maximum absolute atomic E-state index is 14.8. The number of carbonyl (C=O) groups excluding carboxylic acids is 2. The Bertz CT molecular complexity index is 616. The fourth-order valence-corrected chi connectivity index (χ4v) is 2.68. The van der Waals surface area contributed by atoms with Crippen molar-refractivity contribution in [3.05, 3.63) is 35.9 Å². The molecule has 0 saturated carbocycles. The van der Waals surface area contributed by atoms with Crippen LogP contribution in [0.3, 0.4) is 0 Å². The molecule has 144 valence electrons. The topological polar surface area (TPSA) is 73.9 Å². The molecule has 0 aromatic heterocycles. The second-order valence-corrected chi connectivity index (χ2v) is 7.21. The number of hydrogen-bond donors (Lipinski definition) is 1. The van der Waals surface area contributed by atoms with Gasteiger partial charge in [-0.2, -0.15) is 0 Å².